The van der Waals surface area contributed by atoms with Crippen molar-refractivity contribution < 1.29 is 24.2 Å². The molecule has 6 heteroatoms. The quantitative estimate of drug-likeness (QED) is 0.833. The zero-order valence-corrected chi connectivity index (χ0v) is 12.5. The van der Waals surface area contributed by atoms with Gasteiger partial charge in [0.1, 0.15) is 11.4 Å². The average Bonchev–Trinajstić information content (AvgIpc) is 2.35. The first-order valence-electron chi connectivity index (χ1n) is 6.24. The molecule has 0 unspecified atom stereocenters. The fourth-order valence-electron chi connectivity index (χ4n) is 1.54. The number of rotatable bonds is 4. The number of carbonyl (C=O) groups excluding carboxylic acids is 1. The summed E-state index contributed by atoms with van der Waals surface area (Å²) in [5.41, 5.74) is -0.259. The number of nitrogens with one attached hydrogen (secondary N) is 1. The maximum atomic E-state index is 11.8. The molecular weight excluding hydrogens is 274 g/mol. The van der Waals surface area contributed by atoms with E-state index in [0.717, 1.165) is 0 Å². The second-order valence-corrected chi connectivity index (χ2v) is 5.32. The highest BCUT2D eigenvalue weighted by molar-refractivity contribution is 6.16. The van der Waals surface area contributed by atoms with Gasteiger partial charge in [-0.1, -0.05) is 6.58 Å². The highest BCUT2D eigenvalue weighted by Crippen LogP contribution is 2.28. The fraction of sp³-hybridized carbons (Fsp3) is 0.333. The Hall–Kier alpha value is -2.50. The van der Waals surface area contributed by atoms with Crippen molar-refractivity contribution in [1.29, 1.82) is 0 Å². The number of benzene rings is 1. The Morgan fingerprint density at radius 1 is 1.29 bits per heavy atom. The van der Waals surface area contributed by atoms with Gasteiger partial charge in [0, 0.05) is 5.56 Å². The molecule has 0 aliphatic heterocycles. The Kier molecular flexibility index (Phi) is 4.97. The number of amides is 1. The van der Waals surface area contributed by atoms with Crippen LogP contribution in [0.25, 0.3) is 5.57 Å². The number of ether oxygens (including phenoxy) is 2. The lowest BCUT2D eigenvalue weighted by molar-refractivity contribution is -0.130. The molecule has 0 heterocycles. The van der Waals surface area contributed by atoms with E-state index < -0.39 is 17.7 Å². The molecule has 0 aromatic heterocycles. The van der Waals surface area contributed by atoms with Crippen LogP contribution < -0.4 is 10.1 Å². The SMILES string of the molecule is C=C(C(=O)O)c1cc(OC)ccc1NC(=O)OC(C)(C)C. The molecule has 0 aliphatic rings. The molecule has 0 spiro atoms. The van der Waals surface area contributed by atoms with Crippen LogP contribution in [0.4, 0.5) is 10.5 Å². The third kappa shape index (κ3) is 4.83. The summed E-state index contributed by atoms with van der Waals surface area (Å²) >= 11 is 0. The molecule has 6 nitrogen and oxygen atoms in total. The zero-order chi connectivity index (χ0) is 16.2. The molecule has 1 amide bonds. The maximum absolute atomic E-state index is 11.8. The molecule has 1 rings (SSSR count). The standard InChI is InChI=1S/C15H19NO5/c1-9(13(17)18)11-8-10(20-5)6-7-12(11)16-14(19)21-15(2,3)4/h6-8H,1H2,2-5H3,(H,16,19)(H,17,18). The van der Waals surface area contributed by atoms with Gasteiger partial charge in [0.2, 0.25) is 0 Å². The summed E-state index contributed by atoms with van der Waals surface area (Å²) in [7, 11) is 1.46. The minimum absolute atomic E-state index is 0.153. The third-order valence-corrected chi connectivity index (χ3v) is 2.45. The topological polar surface area (TPSA) is 84.9 Å². The van der Waals surface area contributed by atoms with Gasteiger partial charge in [-0.2, -0.15) is 0 Å². The van der Waals surface area contributed by atoms with Crippen LogP contribution in [0.1, 0.15) is 26.3 Å². The Labute approximate surface area is 123 Å². The lowest BCUT2D eigenvalue weighted by atomic mass is 10.0. The van der Waals surface area contributed by atoms with Crippen molar-refractivity contribution in [2.45, 2.75) is 26.4 Å². The molecular formula is C15H19NO5. The van der Waals surface area contributed by atoms with Crippen LogP contribution >= 0.6 is 0 Å². The van der Waals surface area contributed by atoms with Gasteiger partial charge in [-0.3, -0.25) is 5.32 Å². The van der Waals surface area contributed by atoms with Crippen LogP contribution in [0, 0.1) is 0 Å². The Balaban J connectivity index is 3.09. The molecule has 0 aliphatic carbocycles. The van der Waals surface area contributed by atoms with E-state index in [1.54, 1.807) is 26.8 Å². The van der Waals surface area contributed by atoms with E-state index in [2.05, 4.69) is 11.9 Å². The lowest BCUT2D eigenvalue weighted by Gasteiger charge is -2.20. The number of anilines is 1. The summed E-state index contributed by atoms with van der Waals surface area (Å²) in [6.45, 7) is 8.70. The van der Waals surface area contributed by atoms with Crippen molar-refractivity contribution in [3.05, 3.63) is 30.3 Å². The van der Waals surface area contributed by atoms with Gasteiger partial charge in [-0.05, 0) is 39.0 Å². The van der Waals surface area contributed by atoms with E-state index in [1.807, 2.05) is 0 Å². The van der Waals surface area contributed by atoms with Crippen LogP contribution in [0.3, 0.4) is 0 Å². The number of carboxylic acid groups (broad SMARTS) is 1. The normalized spacial score (nSPS) is 10.7. The van der Waals surface area contributed by atoms with Gasteiger partial charge in [0.05, 0.1) is 18.4 Å². The monoisotopic (exact) mass is 293 g/mol. The van der Waals surface area contributed by atoms with Gasteiger partial charge >= 0.3 is 12.1 Å². The van der Waals surface area contributed by atoms with Crippen LogP contribution in [-0.2, 0) is 9.53 Å². The molecule has 21 heavy (non-hydrogen) atoms. The van der Waals surface area contributed by atoms with Gasteiger partial charge in [-0.25, -0.2) is 9.59 Å². The Bertz CT molecular complexity index is 572. The molecule has 0 fully saturated rings. The molecule has 0 bridgehead atoms. The molecule has 0 atom stereocenters. The van der Waals surface area contributed by atoms with Crippen molar-refractivity contribution in [3.63, 3.8) is 0 Å². The second kappa shape index (κ2) is 6.30. The fourth-order valence-corrected chi connectivity index (χ4v) is 1.54. The number of methoxy groups -OCH3 is 1. The van der Waals surface area contributed by atoms with Crippen molar-refractivity contribution in [2.75, 3.05) is 12.4 Å². The average molecular weight is 293 g/mol. The van der Waals surface area contributed by atoms with Crippen molar-refractivity contribution in [2.24, 2.45) is 0 Å². The van der Waals surface area contributed by atoms with E-state index in [1.165, 1.54) is 19.2 Å². The van der Waals surface area contributed by atoms with E-state index in [-0.39, 0.29) is 16.8 Å². The van der Waals surface area contributed by atoms with Crippen molar-refractivity contribution in [1.82, 2.24) is 0 Å². The van der Waals surface area contributed by atoms with Gasteiger partial charge in [0.15, 0.2) is 0 Å². The van der Waals surface area contributed by atoms with E-state index in [9.17, 15) is 9.59 Å². The molecule has 2 N–H and O–H groups in total. The summed E-state index contributed by atoms with van der Waals surface area (Å²) < 4.78 is 10.2. The minimum atomic E-state index is -1.18. The summed E-state index contributed by atoms with van der Waals surface area (Å²) in [5.74, 6) is -0.724. The van der Waals surface area contributed by atoms with E-state index in [4.69, 9.17) is 14.6 Å². The predicted molar refractivity (Wildman–Crippen MR) is 79.5 cm³/mol. The smallest absolute Gasteiger partial charge is 0.412 e. The first-order chi connectivity index (χ1) is 9.64. The van der Waals surface area contributed by atoms with Gasteiger partial charge in [-0.15, -0.1) is 0 Å². The van der Waals surface area contributed by atoms with Crippen LogP contribution in [0.2, 0.25) is 0 Å². The summed E-state index contributed by atoms with van der Waals surface area (Å²) in [6, 6.07) is 4.63. The minimum Gasteiger partial charge on any atom is -0.497 e. The van der Waals surface area contributed by atoms with E-state index >= 15 is 0 Å². The number of aliphatic carboxylic acids is 1. The lowest BCUT2D eigenvalue weighted by Crippen LogP contribution is -2.27. The largest absolute Gasteiger partial charge is 0.497 e. The number of carbonyl (C=O) groups is 2. The predicted octanol–water partition coefficient (Wildman–Crippen LogP) is 3.14. The summed E-state index contributed by atoms with van der Waals surface area (Å²) in [4.78, 5) is 22.9. The first kappa shape index (κ1) is 16.6. The van der Waals surface area contributed by atoms with Crippen molar-refractivity contribution in [3.8, 4) is 5.75 Å². The van der Waals surface area contributed by atoms with Crippen LogP contribution in [-0.4, -0.2) is 29.9 Å². The van der Waals surface area contributed by atoms with Crippen LogP contribution in [0.5, 0.6) is 5.75 Å². The van der Waals surface area contributed by atoms with Gasteiger partial charge in [0.25, 0.3) is 0 Å². The second-order valence-electron chi connectivity index (χ2n) is 5.32. The number of hydrogen-bond acceptors (Lipinski definition) is 4. The summed E-state index contributed by atoms with van der Waals surface area (Å²) in [6.07, 6.45) is -0.674. The maximum Gasteiger partial charge on any atom is 0.412 e. The molecule has 1 aromatic carbocycles. The molecule has 114 valence electrons. The van der Waals surface area contributed by atoms with Crippen molar-refractivity contribution >= 4 is 23.3 Å². The Morgan fingerprint density at radius 2 is 1.90 bits per heavy atom. The zero-order valence-electron chi connectivity index (χ0n) is 12.5. The first-order valence-corrected chi connectivity index (χ1v) is 6.24. The molecule has 0 radical (unpaired) electrons. The molecule has 1 aromatic rings. The van der Waals surface area contributed by atoms with E-state index in [0.29, 0.717) is 5.75 Å². The highest BCUT2D eigenvalue weighted by atomic mass is 16.6. The molecule has 0 saturated carbocycles. The summed E-state index contributed by atoms with van der Waals surface area (Å²) in [5, 5.41) is 11.6. The number of hydrogen-bond donors (Lipinski definition) is 2. The third-order valence-electron chi connectivity index (χ3n) is 2.45. The number of carboxylic acids is 1. The Morgan fingerprint density at radius 3 is 2.38 bits per heavy atom. The van der Waals surface area contributed by atoms with Gasteiger partial charge < -0.3 is 14.6 Å². The highest BCUT2D eigenvalue weighted by Gasteiger charge is 2.19. The van der Waals surface area contributed by atoms with Crippen LogP contribution in [0.15, 0.2) is 24.8 Å². The molecule has 0 saturated heterocycles.